The summed E-state index contributed by atoms with van der Waals surface area (Å²) in [7, 11) is 0. The Morgan fingerprint density at radius 3 is 1.65 bits per heavy atom. The summed E-state index contributed by atoms with van der Waals surface area (Å²) in [6.07, 6.45) is 11.6. The van der Waals surface area contributed by atoms with E-state index in [1.807, 2.05) is 0 Å². The zero-order chi connectivity index (χ0) is 12.1. The maximum absolute atomic E-state index is 10.8. The lowest BCUT2D eigenvalue weighted by atomic mass is 9.90. The van der Waals surface area contributed by atoms with Crippen molar-refractivity contribution in [1.29, 1.82) is 0 Å². The molecule has 0 bridgehead atoms. The van der Waals surface area contributed by atoms with E-state index in [9.17, 15) is 8.76 Å². The van der Waals surface area contributed by atoms with Crippen molar-refractivity contribution in [2.24, 2.45) is 0 Å². The topological polar surface area (TPSA) is 52.6 Å². The van der Waals surface area contributed by atoms with Crippen LogP contribution < -0.4 is 0 Å². The Bertz CT molecular complexity index is 232. The fourth-order valence-electron chi connectivity index (χ4n) is 3.16. The smallest absolute Gasteiger partial charge is 0.106 e. The number of rotatable bonds is 4. The summed E-state index contributed by atoms with van der Waals surface area (Å²) in [5.74, 6) is 0. The molecule has 2 aliphatic rings. The lowest BCUT2D eigenvalue weighted by molar-refractivity contribution is -0.142. The molecule has 100 valence electrons. The summed E-state index contributed by atoms with van der Waals surface area (Å²) in [6.45, 7) is 0. The Morgan fingerprint density at radius 1 is 0.882 bits per heavy atom. The van der Waals surface area contributed by atoms with E-state index in [1.165, 1.54) is 38.5 Å². The molecule has 5 heteroatoms. The van der Waals surface area contributed by atoms with Gasteiger partial charge in [-0.05, 0) is 25.7 Å². The van der Waals surface area contributed by atoms with Gasteiger partial charge in [-0.25, -0.2) is 8.49 Å². The van der Waals surface area contributed by atoms with Crippen molar-refractivity contribution >= 4 is 11.4 Å². The van der Waals surface area contributed by atoms with E-state index in [4.69, 9.17) is 4.28 Å². The molecule has 0 radical (unpaired) electrons. The third kappa shape index (κ3) is 4.02. The van der Waals surface area contributed by atoms with Crippen molar-refractivity contribution < 1.29 is 13.0 Å². The van der Waals surface area contributed by atoms with Gasteiger partial charge in [-0.15, -0.1) is 0 Å². The quantitative estimate of drug-likeness (QED) is 0.576. The number of hydrogen-bond donors (Lipinski definition) is 0. The lowest BCUT2D eigenvalue weighted by Crippen LogP contribution is -2.45. The Morgan fingerprint density at radius 2 is 1.29 bits per heavy atom. The predicted octanol–water partition coefficient (Wildman–Crippen LogP) is 2.68. The minimum absolute atomic E-state index is 0.310. The molecular formula is C12H22NO3S-. The van der Waals surface area contributed by atoms with Crippen molar-refractivity contribution in [3.63, 3.8) is 0 Å². The van der Waals surface area contributed by atoms with Crippen molar-refractivity contribution in [3.8, 4) is 0 Å². The molecule has 0 amide bonds. The summed E-state index contributed by atoms with van der Waals surface area (Å²) >= 11 is -2.42. The Labute approximate surface area is 106 Å². The van der Waals surface area contributed by atoms with Crippen LogP contribution in [-0.4, -0.2) is 25.9 Å². The molecule has 0 N–H and O–H groups in total. The van der Waals surface area contributed by atoms with Crippen LogP contribution in [-0.2, 0) is 15.6 Å². The maximum Gasteiger partial charge on any atom is 0.106 e. The molecule has 2 aliphatic carbocycles. The molecule has 0 saturated heterocycles. The molecule has 2 rings (SSSR count). The Balaban J connectivity index is 1.97. The first-order chi connectivity index (χ1) is 8.27. The third-order valence-electron chi connectivity index (χ3n) is 4.02. The standard InChI is InChI=1S/C12H23NO3S/c14-17(15)16-13(11-7-3-1-4-8-11)12-9-5-2-6-10-12/h11-12H,1-10H2,(H,14,15)/p-1. The summed E-state index contributed by atoms with van der Waals surface area (Å²) in [5.41, 5.74) is 0. The van der Waals surface area contributed by atoms with E-state index in [-0.39, 0.29) is 0 Å². The molecule has 0 aromatic rings. The van der Waals surface area contributed by atoms with Gasteiger partial charge in [0.05, 0.1) is 0 Å². The number of hydrogen-bond acceptors (Lipinski definition) is 4. The molecule has 2 saturated carbocycles. The molecule has 1 unspecified atom stereocenters. The van der Waals surface area contributed by atoms with Gasteiger partial charge in [-0.3, -0.25) is 0 Å². The average molecular weight is 260 g/mol. The molecular weight excluding hydrogens is 238 g/mol. The second-order valence-corrected chi connectivity index (χ2v) is 5.78. The summed E-state index contributed by atoms with van der Waals surface area (Å²) in [4.78, 5) is 0. The van der Waals surface area contributed by atoms with Gasteiger partial charge in [-0.2, -0.15) is 5.06 Å². The second-order valence-electron chi connectivity index (χ2n) is 5.22. The molecule has 1 atom stereocenters. The van der Waals surface area contributed by atoms with Gasteiger partial charge in [0.1, 0.15) is 11.4 Å². The molecule has 0 heterocycles. The zero-order valence-electron chi connectivity index (χ0n) is 10.3. The fourth-order valence-corrected chi connectivity index (χ4v) is 3.55. The summed E-state index contributed by atoms with van der Waals surface area (Å²) < 4.78 is 26.7. The Kier molecular flexibility index (Phi) is 5.41. The first-order valence-corrected chi connectivity index (χ1v) is 7.83. The fraction of sp³-hybridized carbons (Fsp3) is 1.00. The molecule has 0 aromatic heterocycles. The first kappa shape index (κ1) is 13.5. The highest BCUT2D eigenvalue weighted by atomic mass is 32.2. The molecule has 2 fully saturated rings. The molecule has 17 heavy (non-hydrogen) atoms. The second kappa shape index (κ2) is 6.83. The molecule has 4 nitrogen and oxygen atoms in total. The molecule has 0 aliphatic heterocycles. The highest BCUT2D eigenvalue weighted by molar-refractivity contribution is 7.74. The van der Waals surface area contributed by atoms with E-state index < -0.39 is 11.4 Å². The van der Waals surface area contributed by atoms with Crippen molar-refractivity contribution in [3.05, 3.63) is 0 Å². The van der Waals surface area contributed by atoms with E-state index in [1.54, 1.807) is 5.06 Å². The number of nitrogens with zero attached hydrogens (tertiary/aromatic N) is 1. The monoisotopic (exact) mass is 260 g/mol. The highest BCUT2D eigenvalue weighted by Crippen LogP contribution is 2.30. The van der Waals surface area contributed by atoms with E-state index in [0.29, 0.717) is 12.1 Å². The SMILES string of the molecule is O=S([O-])ON(C1CCCCC1)C1CCCCC1. The van der Waals surface area contributed by atoms with E-state index in [0.717, 1.165) is 25.7 Å². The normalized spacial score (nSPS) is 26.2. The summed E-state index contributed by atoms with van der Waals surface area (Å²) in [6, 6.07) is 0.620. The Hall–Kier alpha value is 0.0300. The largest absolute Gasteiger partial charge is 0.748 e. The van der Waals surface area contributed by atoms with Gasteiger partial charge in [0.25, 0.3) is 0 Å². The van der Waals surface area contributed by atoms with Crippen LogP contribution in [0.4, 0.5) is 0 Å². The van der Waals surface area contributed by atoms with E-state index in [2.05, 4.69) is 0 Å². The van der Waals surface area contributed by atoms with Crippen LogP contribution in [0, 0.1) is 0 Å². The summed E-state index contributed by atoms with van der Waals surface area (Å²) in [5, 5.41) is 1.81. The maximum atomic E-state index is 10.8. The van der Waals surface area contributed by atoms with Crippen LogP contribution in [0.2, 0.25) is 0 Å². The van der Waals surface area contributed by atoms with Crippen molar-refractivity contribution in [1.82, 2.24) is 5.06 Å². The number of hydroxylamine groups is 2. The molecule has 0 spiro atoms. The van der Waals surface area contributed by atoms with Gasteiger partial charge >= 0.3 is 0 Å². The van der Waals surface area contributed by atoms with Gasteiger partial charge < -0.3 is 4.55 Å². The highest BCUT2D eigenvalue weighted by Gasteiger charge is 2.30. The first-order valence-electron chi connectivity index (χ1n) is 6.83. The van der Waals surface area contributed by atoms with Gasteiger partial charge in [0, 0.05) is 12.1 Å². The van der Waals surface area contributed by atoms with Crippen LogP contribution in [0.5, 0.6) is 0 Å². The van der Waals surface area contributed by atoms with Gasteiger partial charge in [0.2, 0.25) is 0 Å². The van der Waals surface area contributed by atoms with Crippen LogP contribution >= 0.6 is 0 Å². The predicted molar refractivity (Wildman–Crippen MR) is 65.6 cm³/mol. The van der Waals surface area contributed by atoms with Crippen LogP contribution in [0.25, 0.3) is 0 Å². The zero-order valence-corrected chi connectivity index (χ0v) is 11.1. The minimum Gasteiger partial charge on any atom is -0.748 e. The van der Waals surface area contributed by atoms with Crippen molar-refractivity contribution in [2.45, 2.75) is 76.3 Å². The van der Waals surface area contributed by atoms with Crippen LogP contribution in [0.15, 0.2) is 0 Å². The van der Waals surface area contributed by atoms with Crippen LogP contribution in [0.1, 0.15) is 64.2 Å². The van der Waals surface area contributed by atoms with Crippen LogP contribution in [0.3, 0.4) is 0 Å². The van der Waals surface area contributed by atoms with Crippen molar-refractivity contribution in [2.75, 3.05) is 0 Å². The average Bonchev–Trinajstić information content (AvgIpc) is 2.38. The van der Waals surface area contributed by atoms with Gasteiger partial charge in [0.15, 0.2) is 0 Å². The lowest BCUT2D eigenvalue weighted by Gasteiger charge is -2.40. The molecule has 0 aromatic carbocycles. The minimum atomic E-state index is -2.42. The third-order valence-corrected chi connectivity index (χ3v) is 4.31. The van der Waals surface area contributed by atoms with E-state index >= 15 is 0 Å². The van der Waals surface area contributed by atoms with Gasteiger partial charge in [-0.1, -0.05) is 38.5 Å².